The number of carboxylic acid groups (broad SMARTS) is 1. The maximum Gasteiger partial charge on any atom is 0.171 e. The SMILES string of the molecule is CN1CC[N+](CCO)(CCC(=O)[O-])C1c1ccccc1. The molecule has 0 amide bonds. The zero-order valence-corrected chi connectivity index (χ0v) is 11.9. The molecule has 5 nitrogen and oxygen atoms in total. The number of aliphatic hydroxyl groups is 1. The van der Waals surface area contributed by atoms with Crippen LogP contribution in [-0.2, 0) is 4.79 Å². The van der Waals surface area contributed by atoms with Crippen molar-refractivity contribution in [1.82, 2.24) is 4.90 Å². The second-order valence-corrected chi connectivity index (χ2v) is 5.50. The van der Waals surface area contributed by atoms with Crippen LogP contribution in [0.4, 0.5) is 0 Å². The summed E-state index contributed by atoms with van der Waals surface area (Å²) in [6, 6.07) is 10.1. The number of carbonyl (C=O) groups excluding carboxylic acids is 1. The molecule has 0 saturated carbocycles. The zero-order valence-electron chi connectivity index (χ0n) is 11.9. The molecule has 1 aliphatic heterocycles. The van der Waals surface area contributed by atoms with E-state index in [0.29, 0.717) is 17.6 Å². The normalized spacial score (nSPS) is 26.8. The Morgan fingerprint density at radius 3 is 2.70 bits per heavy atom. The molecule has 1 heterocycles. The predicted octanol–water partition coefficient (Wildman–Crippen LogP) is -0.420. The summed E-state index contributed by atoms with van der Waals surface area (Å²) in [5, 5.41) is 20.2. The number of aliphatic carboxylic acids is 1. The fraction of sp³-hybridized carbons (Fsp3) is 0.533. The number of benzene rings is 1. The molecule has 1 fully saturated rings. The van der Waals surface area contributed by atoms with Crippen molar-refractivity contribution in [3.05, 3.63) is 35.9 Å². The third-order valence-electron chi connectivity index (χ3n) is 4.24. The van der Waals surface area contributed by atoms with Gasteiger partial charge in [-0.1, -0.05) is 30.3 Å². The fourth-order valence-corrected chi connectivity index (χ4v) is 3.31. The average molecular weight is 278 g/mol. The minimum atomic E-state index is -1.03. The van der Waals surface area contributed by atoms with Crippen LogP contribution in [0.25, 0.3) is 0 Å². The van der Waals surface area contributed by atoms with Gasteiger partial charge in [-0.25, -0.2) is 4.90 Å². The van der Waals surface area contributed by atoms with Crippen molar-refractivity contribution in [1.29, 1.82) is 0 Å². The van der Waals surface area contributed by atoms with Gasteiger partial charge in [-0.3, -0.25) is 0 Å². The number of rotatable bonds is 6. The summed E-state index contributed by atoms with van der Waals surface area (Å²) in [7, 11) is 2.05. The molecule has 1 N–H and O–H groups in total. The molecule has 2 unspecified atom stereocenters. The molecule has 1 aliphatic rings. The Kier molecular flexibility index (Phi) is 4.75. The van der Waals surface area contributed by atoms with E-state index in [1.807, 2.05) is 25.2 Å². The van der Waals surface area contributed by atoms with E-state index in [1.165, 1.54) is 5.56 Å². The summed E-state index contributed by atoms with van der Waals surface area (Å²) >= 11 is 0. The number of hydrogen-bond acceptors (Lipinski definition) is 4. The largest absolute Gasteiger partial charge is 0.550 e. The van der Waals surface area contributed by atoms with Crippen LogP contribution < -0.4 is 5.11 Å². The molecule has 1 aromatic rings. The van der Waals surface area contributed by atoms with Crippen molar-refractivity contribution in [3.8, 4) is 0 Å². The van der Waals surface area contributed by atoms with E-state index in [-0.39, 0.29) is 19.2 Å². The summed E-state index contributed by atoms with van der Waals surface area (Å²) in [6.07, 6.45) is 0.125. The van der Waals surface area contributed by atoms with Crippen molar-refractivity contribution < 1.29 is 19.5 Å². The van der Waals surface area contributed by atoms with Crippen molar-refractivity contribution in [2.24, 2.45) is 0 Å². The second-order valence-electron chi connectivity index (χ2n) is 5.50. The first kappa shape index (κ1) is 15.0. The maximum atomic E-state index is 10.8. The van der Waals surface area contributed by atoms with E-state index in [2.05, 4.69) is 17.0 Å². The average Bonchev–Trinajstić information content (AvgIpc) is 2.75. The quantitative estimate of drug-likeness (QED) is 0.718. The van der Waals surface area contributed by atoms with Gasteiger partial charge in [0.25, 0.3) is 0 Å². The van der Waals surface area contributed by atoms with Gasteiger partial charge in [0.15, 0.2) is 6.17 Å². The number of nitrogens with zero attached hydrogens (tertiary/aromatic N) is 2. The zero-order chi connectivity index (χ0) is 14.6. The van der Waals surface area contributed by atoms with E-state index in [0.717, 1.165) is 13.1 Å². The molecule has 20 heavy (non-hydrogen) atoms. The molecule has 0 spiro atoms. The summed E-state index contributed by atoms with van der Waals surface area (Å²) in [5.74, 6) is -1.03. The second kappa shape index (κ2) is 6.35. The number of quaternary nitrogens is 1. The lowest BCUT2D eigenvalue weighted by atomic mass is 10.1. The van der Waals surface area contributed by atoms with Crippen LogP contribution in [0.2, 0.25) is 0 Å². The first-order chi connectivity index (χ1) is 9.59. The van der Waals surface area contributed by atoms with Crippen LogP contribution in [-0.4, -0.2) is 60.3 Å². The van der Waals surface area contributed by atoms with Gasteiger partial charge >= 0.3 is 0 Å². The molecule has 1 aromatic carbocycles. The number of aliphatic hydroxyl groups excluding tert-OH is 1. The van der Waals surface area contributed by atoms with E-state index in [4.69, 9.17) is 0 Å². The molecule has 0 radical (unpaired) electrons. The van der Waals surface area contributed by atoms with Crippen LogP contribution in [0.15, 0.2) is 30.3 Å². The minimum absolute atomic E-state index is 0.0250. The highest BCUT2D eigenvalue weighted by molar-refractivity contribution is 5.64. The van der Waals surface area contributed by atoms with Crippen LogP contribution in [0.3, 0.4) is 0 Å². The van der Waals surface area contributed by atoms with Gasteiger partial charge in [0.1, 0.15) is 6.54 Å². The van der Waals surface area contributed by atoms with Crippen molar-refractivity contribution in [2.75, 3.05) is 39.8 Å². The minimum Gasteiger partial charge on any atom is -0.550 e. The smallest absolute Gasteiger partial charge is 0.171 e. The highest BCUT2D eigenvalue weighted by Crippen LogP contribution is 2.36. The summed E-state index contributed by atoms with van der Waals surface area (Å²) < 4.78 is 0.588. The molecular weight excluding hydrogens is 256 g/mol. The van der Waals surface area contributed by atoms with Gasteiger partial charge in [-0.15, -0.1) is 0 Å². The number of likely N-dealkylation sites (N-methyl/N-ethyl adjacent to an activating group) is 1. The summed E-state index contributed by atoms with van der Waals surface area (Å²) in [5.41, 5.74) is 1.17. The Labute approximate surface area is 119 Å². The summed E-state index contributed by atoms with van der Waals surface area (Å²) in [4.78, 5) is 13.1. The molecular formula is C15H22N2O3. The Bertz CT molecular complexity index is 448. The van der Waals surface area contributed by atoms with E-state index in [1.54, 1.807) is 0 Å². The first-order valence-corrected chi connectivity index (χ1v) is 7.01. The van der Waals surface area contributed by atoms with Gasteiger partial charge in [-0.05, 0) is 7.05 Å². The lowest BCUT2D eigenvalue weighted by Gasteiger charge is -2.41. The maximum absolute atomic E-state index is 10.8. The predicted molar refractivity (Wildman–Crippen MR) is 73.4 cm³/mol. The van der Waals surface area contributed by atoms with Gasteiger partial charge in [-0.2, -0.15) is 0 Å². The number of carbonyl (C=O) groups is 1. The highest BCUT2D eigenvalue weighted by atomic mass is 16.4. The van der Waals surface area contributed by atoms with Crippen LogP contribution >= 0.6 is 0 Å². The number of hydrogen-bond donors (Lipinski definition) is 1. The van der Waals surface area contributed by atoms with Crippen molar-refractivity contribution in [2.45, 2.75) is 12.6 Å². The van der Waals surface area contributed by atoms with Crippen LogP contribution in [0.5, 0.6) is 0 Å². The lowest BCUT2D eigenvalue weighted by Crippen LogP contribution is -2.52. The molecule has 1 saturated heterocycles. The molecule has 0 bridgehead atoms. The number of carboxylic acids is 1. The Hall–Kier alpha value is -1.43. The van der Waals surface area contributed by atoms with E-state index >= 15 is 0 Å². The molecule has 0 aliphatic carbocycles. The molecule has 110 valence electrons. The molecule has 2 rings (SSSR count). The Morgan fingerprint density at radius 1 is 1.40 bits per heavy atom. The molecule has 2 atom stereocenters. The topological polar surface area (TPSA) is 63.6 Å². The van der Waals surface area contributed by atoms with Gasteiger partial charge in [0, 0.05) is 18.0 Å². The monoisotopic (exact) mass is 278 g/mol. The van der Waals surface area contributed by atoms with Gasteiger partial charge < -0.3 is 19.5 Å². The lowest BCUT2D eigenvalue weighted by molar-refractivity contribution is -0.950. The highest BCUT2D eigenvalue weighted by Gasteiger charge is 2.45. The Morgan fingerprint density at radius 2 is 2.10 bits per heavy atom. The van der Waals surface area contributed by atoms with Crippen molar-refractivity contribution in [3.63, 3.8) is 0 Å². The third kappa shape index (κ3) is 3.00. The van der Waals surface area contributed by atoms with Gasteiger partial charge in [0.2, 0.25) is 0 Å². The third-order valence-corrected chi connectivity index (χ3v) is 4.24. The van der Waals surface area contributed by atoms with Gasteiger partial charge in [0.05, 0.1) is 26.2 Å². The fourth-order valence-electron chi connectivity index (χ4n) is 3.31. The summed E-state index contributed by atoms with van der Waals surface area (Å²) in [6.45, 7) is 2.87. The molecule has 0 aromatic heterocycles. The Balaban J connectivity index is 2.30. The van der Waals surface area contributed by atoms with Crippen LogP contribution in [0.1, 0.15) is 18.2 Å². The van der Waals surface area contributed by atoms with E-state index < -0.39 is 5.97 Å². The standard InChI is InChI=1S/C15H22N2O3/c1-16-8-10-17(11-12-18,9-7-14(19)20)15(16)13-5-3-2-4-6-13/h2-6,15,18H,7-12H2,1H3. The molecule has 5 heteroatoms. The first-order valence-electron chi connectivity index (χ1n) is 7.01. The van der Waals surface area contributed by atoms with E-state index in [9.17, 15) is 15.0 Å². The van der Waals surface area contributed by atoms with Crippen molar-refractivity contribution >= 4 is 5.97 Å². The van der Waals surface area contributed by atoms with Crippen LogP contribution in [0, 0.1) is 0 Å².